The number of carbonyl (C=O) groups excluding carboxylic acids is 4. The molecule has 7 rings (SSSR count). The van der Waals surface area contributed by atoms with Crippen LogP contribution in [-0.4, -0.2) is 112 Å². The second kappa shape index (κ2) is 22.4. The van der Waals surface area contributed by atoms with Crippen molar-refractivity contribution in [1.29, 1.82) is 0 Å². The summed E-state index contributed by atoms with van der Waals surface area (Å²) in [5.74, 6) is 2.55. The first-order chi connectivity index (χ1) is 30.8. The third-order valence-electron chi connectivity index (χ3n) is 11.6. The number of fused-ring (bicyclic) bond motifs is 6. The summed E-state index contributed by atoms with van der Waals surface area (Å²) in [6.45, 7) is 11.7. The van der Waals surface area contributed by atoms with Crippen molar-refractivity contribution in [2.45, 2.75) is 117 Å². The molecule has 1 aliphatic carbocycles. The second-order valence-electron chi connectivity index (χ2n) is 16.0. The average molecular weight is 885 g/mol. The van der Waals surface area contributed by atoms with Gasteiger partial charge in [0.15, 0.2) is 0 Å². The Kier molecular flexibility index (Phi) is 17.1. The Morgan fingerprint density at radius 2 is 1.64 bits per heavy atom. The first-order valence-corrected chi connectivity index (χ1v) is 21.9. The van der Waals surface area contributed by atoms with Crippen LogP contribution in [-0.2, 0) is 43.5 Å². The molecule has 3 aromatic carbocycles. The van der Waals surface area contributed by atoms with Crippen LogP contribution in [0.15, 0.2) is 42.5 Å². The molecular weight excluding hydrogens is 821 g/mol. The predicted molar refractivity (Wildman–Crippen MR) is 244 cm³/mol. The van der Waals surface area contributed by atoms with Gasteiger partial charge in [0.05, 0.1) is 56.6 Å². The smallest absolute Gasteiger partial charge is 0.407 e. The summed E-state index contributed by atoms with van der Waals surface area (Å²) in [5, 5.41) is 11.7. The number of rotatable bonds is 16. The van der Waals surface area contributed by atoms with E-state index in [4.69, 9.17) is 29.3 Å². The van der Waals surface area contributed by atoms with Crippen LogP contribution in [0.1, 0.15) is 102 Å². The van der Waals surface area contributed by atoms with Crippen molar-refractivity contribution >= 4 is 45.8 Å². The Balaban J connectivity index is 0.00000103. The fourth-order valence-corrected chi connectivity index (χ4v) is 7.73. The first-order valence-electron chi connectivity index (χ1n) is 21.9. The molecule has 4 amide bonds. The quantitative estimate of drug-likeness (QED) is 0.0661. The van der Waals surface area contributed by atoms with Gasteiger partial charge in [-0.2, -0.15) is 0 Å². The van der Waals surface area contributed by atoms with Gasteiger partial charge in [-0.15, -0.1) is 0 Å². The van der Waals surface area contributed by atoms with E-state index < -0.39 is 18.2 Å². The highest BCUT2D eigenvalue weighted by atomic mass is 16.5. The van der Waals surface area contributed by atoms with E-state index in [0.29, 0.717) is 45.0 Å². The van der Waals surface area contributed by atoms with Crippen molar-refractivity contribution in [2.75, 3.05) is 35.0 Å². The summed E-state index contributed by atoms with van der Waals surface area (Å²) >= 11 is 0. The van der Waals surface area contributed by atoms with Gasteiger partial charge in [-0.1, -0.05) is 39.0 Å². The number of aliphatic hydroxyl groups excluding tert-OH is 1. The molecule has 64 heavy (non-hydrogen) atoms. The third-order valence-corrected chi connectivity index (χ3v) is 11.6. The molecule has 2 aliphatic rings. The summed E-state index contributed by atoms with van der Waals surface area (Å²) in [6.07, 6.45) is 3.04. The van der Waals surface area contributed by atoms with Crippen molar-refractivity contribution in [2.24, 2.45) is 5.73 Å². The highest BCUT2D eigenvalue weighted by Crippen LogP contribution is 2.46. The zero-order valence-corrected chi connectivity index (χ0v) is 38.5. The van der Waals surface area contributed by atoms with Gasteiger partial charge in [-0.05, 0) is 86.7 Å². The maximum absolute atomic E-state index is 13.7. The number of hydrogen-bond acceptors (Lipinski definition) is 11. The van der Waals surface area contributed by atoms with Crippen LogP contribution in [0.2, 0.25) is 0 Å². The van der Waals surface area contributed by atoms with E-state index in [2.05, 4.69) is 75.1 Å². The van der Waals surface area contributed by atoms with Gasteiger partial charge in [-0.25, -0.2) is 19.6 Å². The number of carbonyl (C=O) groups is 4. The third kappa shape index (κ3) is 11.5. The van der Waals surface area contributed by atoms with Gasteiger partial charge in [0.1, 0.15) is 30.0 Å². The van der Waals surface area contributed by atoms with Gasteiger partial charge in [0.25, 0.3) is 0 Å². The largest absolute Gasteiger partial charge is 0.488 e. The molecule has 346 valence electrons. The van der Waals surface area contributed by atoms with Gasteiger partial charge in [0.2, 0.25) is 11.8 Å². The number of nitrogens with one attached hydrogen (secondary N) is 3. The van der Waals surface area contributed by atoms with Crippen molar-refractivity contribution in [3.05, 3.63) is 65.4 Å². The maximum Gasteiger partial charge on any atom is 0.407 e. The summed E-state index contributed by atoms with van der Waals surface area (Å²) in [7, 11) is 5.15. The number of nitrogens with two attached hydrogens (primary N) is 1. The number of methoxy groups -OCH3 is 3. The first kappa shape index (κ1) is 48.8. The molecule has 0 spiro atoms. The molecule has 5 aromatic rings. The number of aromatic nitrogens is 4. The predicted octanol–water partition coefficient (Wildman–Crippen LogP) is 7.29. The standard InChI is InChI=1S/C44H55N7O6.C2H5NO2.CH4O/c1-8-17-50(39(52)18-26(5)55-6)22-37-45-35-16-14-28-20-33-31-15-13-29(19-30(31)24-57-36(33)21-32(28)42(35)49-37)41-40(27-11-12-27)47-38(48-41)23-51(25(4)9-2)43(53)34(10-3)46-44(54)56-7;1-5-2(3)4;1-2/h13-16,19-21,25-27,34H,8-12,17-18,22-24H2,1-7H3,(H,45,49)(H,46,54)(H,47,48);1H3,(H2,3,4);2H,1H3/t25?,26-,34+;;/m1../s1. The molecule has 6 N–H and O–H groups in total. The number of amides is 4. The lowest BCUT2D eigenvalue weighted by molar-refractivity contribution is -0.136. The highest BCUT2D eigenvalue weighted by Gasteiger charge is 2.33. The number of nitrogens with zero attached hydrogens (tertiary/aromatic N) is 4. The minimum Gasteiger partial charge on any atom is -0.488 e. The zero-order valence-electron chi connectivity index (χ0n) is 38.5. The SMILES string of the molecule is CCCN(Cc1nc2c(ccc3cc4c(cc32)OCc2cc(-c3nc(CN(C(=O)[C@H](CC)NC(=O)OC)C(C)CC)[nH]c3C3CC3)ccc2-4)[nH]1)C(=O)C[C@@H](C)OC.CO.COC(N)=O. The van der Waals surface area contributed by atoms with Gasteiger partial charge in [0, 0.05) is 54.9 Å². The number of aliphatic hydroxyl groups is 1. The van der Waals surface area contributed by atoms with E-state index in [0.717, 1.165) is 106 Å². The van der Waals surface area contributed by atoms with Crippen molar-refractivity contribution in [3.8, 4) is 28.1 Å². The molecule has 17 heteroatoms. The van der Waals surface area contributed by atoms with Crippen LogP contribution in [0.4, 0.5) is 9.59 Å². The molecule has 3 atom stereocenters. The summed E-state index contributed by atoms with van der Waals surface area (Å²) < 4.78 is 20.5. The van der Waals surface area contributed by atoms with Gasteiger partial charge < -0.3 is 54.9 Å². The molecule has 1 fully saturated rings. The van der Waals surface area contributed by atoms with Gasteiger partial charge >= 0.3 is 12.2 Å². The molecule has 0 saturated heterocycles. The number of H-pyrrole nitrogens is 2. The molecule has 0 bridgehead atoms. The molecular formula is C47H64N8O9. The second-order valence-corrected chi connectivity index (χ2v) is 16.0. The Morgan fingerprint density at radius 1 is 0.922 bits per heavy atom. The van der Waals surface area contributed by atoms with E-state index in [9.17, 15) is 19.2 Å². The topological polar surface area (TPSA) is 227 Å². The minimum atomic E-state index is -0.745. The van der Waals surface area contributed by atoms with Crippen LogP contribution < -0.4 is 15.8 Å². The van der Waals surface area contributed by atoms with Gasteiger partial charge in [-0.3, -0.25) is 9.59 Å². The average Bonchev–Trinajstić information content (AvgIpc) is 3.94. The summed E-state index contributed by atoms with van der Waals surface area (Å²) in [5.41, 5.74) is 12.4. The molecule has 0 radical (unpaired) electrons. The number of hydrogen-bond donors (Lipinski definition) is 5. The van der Waals surface area contributed by atoms with E-state index in [1.165, 1.54) is 14.2 Å². The molecule has 3 heterocycles. The number of imidazole rings is 2. The van der Waals surface area contributed by atoms with E-state index in [1.807, 2.05) is 32.6 Å². The van der Waals surface area contributed by atoms with Crippen molar-refractivity contribution < 1.29 is 43.2 Å². The number of ether oxygens (including phenoxy) is 4. The molecule has 2 aromatic heterocycles. The Bertz CT molecular complexity index is 2410. The van der Waals surface area contributed by atoms with E-state index >= 15 is 0 Å². The zero-order chi connectivity index (χ0) is 46.7. The molecule has 17 nitrogen and oxygen atoms in total. The fraction of sp³-hybridized carbons (Fsp3) is 0.489. The number of aromatic amines is 2. The Hall–Kier alpha value is -6.20. The Morgan fingerprint density at radius 3 is 2.27 bits per heavy atom. The van der Waals surface area contributed by atoms with Crippen molar-refractivity contribution in [3.63, 3.8) is 0 Å². The van der Waals surface area contributed by atoms with Crippen LogP contribution >= 0.6 is 0 Å². The Labute approximate surface area is 374 Å². The van der Waals surface area contributed by atoms with Crippen LogP contribution in [0, 0.1) is 0 Å². The van der Waals surface area contributed by atoms with E-state index in [1.54, 1.807) is 12.0 Å². The van der Waals surface area contributed by atoms with Crippen LogP contribution in [0.5, 0.6) is 5.75 Å². The van der Waals surface area contributed by atoms with Crippen LogP contribution in [0.3, 0.4) is 0 Å². The number of primary amides is 1. The van der Waals surface area contributed by atoms with E-state index in [-0.39, 0.29) is 24.0 Å². The molecule has 1 aliphatic heterocycles. The highest BCUT2D eigenvalue weighted by molar-refractivity contribution is 6.07. The van der Waals surface area contributed by atoms with Crippen molar-refractivity contribution in [1.82, 2.24) is 35.1 Å². The summed E-state index contributed by atoms with van der Waals surface area (Å²) in [4.78, 5) is 69.0. The summed E-state index contributed by atoms with van der Waals surface area (Å²) in [6, 6.07) is 14.1. The number of benzene rings is 3. The molecule has 1 unspecified atom stereocenters. The lowest BCUT2D eigenvalue weighted by atomic mass is 9.92. The lowest BCUT2D eigenvalue weighted by Crippen LogP contribution is -2.50. The normalized spacial score (nSPS) is 14.0. The molecule has 1 saturated carbocycles. The monoisotopic (exact) mass is 884 g/mol. The van der Waals surface area contributed by atoms with Crippen LogP contribution in [0.25, 0.3) is 44.2 Å². The number of alkyl carbamates (subject to hydrolysis) is 1. The fourth-order valence-electron chi connectivity index (χ4n) is 7.73. The minimum absolute atomic E-state index is 0.0500. The lowest BCUT2D eigenvalue weighted by Gasteiger charge is -2.31. The maximum atomic E-state index is 13.7.